The molecule has 1 N–H and O–H groups in total. The smallest absolute Gasteiger partial charge is 0.163 e. The van der Waals surface area contributed by atoms with Crippen molar-refractivity contribution in [2.24, 2.45) is 5.41 Å². The van der Waals surface area contributed by atoms with Crippen LogP contribution in [0.4, 0.5) is 8.78 Å². The zero-order valence-electron chi connectivity index (χ0n) is 13.9. The van der Waals surface area contributed by atoms with Gasteiger partial charge in [-0.05, 0) is 31.4 Å². The van der Waals surface area contributed by atoms with Crippen LogP contribution in [0.5, 0.6) is 0 Å². The molecule has 0 spiro atoms. The van der Waals surface area contributed by atoms with Gasteiger partial charge in [0, 0.05) is 12.2 Å². The lowest BCUT2D eigenvalue weighted by atomic mass is 9.81. The van der Waals surface area contributed by atoms with Crippen molar-refractivity contribution < 1.29 is 13.5 Å². The maximum Gasteiger partial charge on any atom is 0.163 e. The molecule has 0 amide bonds. The summed E-state index contributed by atoms with van der Waals surface area (Å²) in [6, 6.07) is 2.88. The van der Waals surface area contributed by atoms with Crippen molar-refractivity contribution >= 4 is 0 Å². The van der Waals surface area contributed by atoms with Gasteiger partial charge in [0.15, 0.2) is 11.6 Å². The van der Waals surface area contributed by atoms with Gasteiger partial charge in [-0.25, -0.2) is 8.78 Å². The number of likely N-dealkylation sites (N-methyl/N-ethyl adjacent to an activating group) is 1. The molecule has 2 nitrogen and oxygen atoms in total. The number of halogens is 2. The molecule has 2 atom stereocenters. The van der Waals surface area contributed by atoms with Crippen molar-refractivity contribution in [1.82, 2.24) is 5.32 Å². The second kappa shape index (κ2) is 7.32. The highest BCUT2D eigenvalue weighted by Gasteiger charge is 2.35. The van der Waals surface area contributed by atoms with Crippen LogP contribution in [0.2, 0.25) is 0 Å². The molecule has 0 aliphatic carbocycles. The summed E-state index contributed by atoms with van der Waals surface area (Å²) in [6.07, 6.45) is -0.251. The van der Waals surface area contributed by atoms with E-state index in [4.69, 9.17) is 4.74 Å². The molecule has 0 heterocycles. The molecule has 0 fully saturated rings. The summed E-state index contributed by atoms with van der Waals surface area (Å²) in [5.41, 5.74) is 0.444. The summed E-state index contributed by atoms with van der Waals surface area (Å²) in [5, 5.41) is 3.25. The van der Waals surface area contributed by atoms with Crippen molar-refractivity contribution in [3.63, 3.8) is 0 Å². The molecule has 0 saturated heterocycles. The van der Waals surface area contributed by atoms with Gasteiger partial charge in [0.25, 0.3) is 0 Å². The summed E-state index contributed by atoms with van der Waals surface area (Å²) in [6.45, 7) is 12.7. The van der Waals surface area contributed by atoms with Crippen LogP contribution in [0.15, 0.2) is 12.1 Å². The van der Waals surface area contributed by atoms with Crippen LogP contribution >= 0.6 is 0 Å². The highest BCUT2D eigenvalue weighted by atomic mass is 19.2. The van der Waals surface area contributed by atoms with E-state index in [1.807, 2.05) is 34.6 Å². The molecule has 4 heteroatoms. The van der Waals surface area contributed by atoms with Gasteiger partial charge >= 0.3 is 0 Å². The summed E-state index contributed by atoms with van der Waals surface area (Å²) in [4.78, 5) is 0. The van der Waals surface area contributed by atoms with Crippen LogP contribution < -0.4 is 5.32 Å². The molecule has 0 radical (unpaired) electrons. The number of rotatable bonds is 6. The third kappa shape index (κ3) is 4.24. The maximum atomic E-state index is 14.4. The standard InChI is InChI=1S/C17H27F2NO/c1-7-20-15(16(21-8-2)17(4,5)6)12-10-9-11(3)13(18)14(12)19/h9-10,15-16,20H,7-8H2,1-6H3. The second-order valence-electron chi connectivity index (χ2n) is 6.38. The third-order valence-electron chi connectivity index (χ3n) is 3.57. The van der Waals surface area contributed by atoms with Gasteiger partial charge in [0.1, 0.15) is 0 Å². The lowest BCUT2D eigenvalue weighted by molar-refractivity contribution is -0.0370. The maximum absolute atomic E-state index is 14.4. The fraction of sp³-hybridized carbons (Fsp3) is 0.647. The van der Waals surface area contributed by atoms with E-state index >= 15 is 0 Å². The molecule has 0 saturated carbocycles. The first-order chi connectivity index (χ1) is 9.73. The van der Waals surface area contributed by atoms with Gasteiger partial charge in [0.05, 0.1) is 12.1 Å². The Hall–Kier alpha value is -1.00. The molecule has 1 aromatic rings. The quantitative estimate of drug-likeness (QED) is 0.842. The minimum Gasteiger partial charge on any atom is -0.376 e. The first-order valence-corrected chi connectivity index (χ1v) is 7.53. The molecular formula is C17H27F2NO. The highest BCUT2D eigenvalue weighted by molar-refractivity contribution is 5.29. The lowest BCUT2D eigenvalue weighted by Crippen LogP contribution is -2.42. The van der Waals surface area contributed by atoms with E-state index in [9.17, 15) is 8.78 Å². The van der Waals surface area contributed by atoms with Crippen LogP contribution in [0.25, 0.3) is 0 Å². The van der Waals surface area contributed by atoms with Gasteiger partial charge in [-0.1, -0.05) is 39.8 Å². The van der Waals surface area contributed by atoms with Gasteiger partial charge in [-0.2, -0.15) is 0 Å². The lowest BCUT2D eigenvalue weighted by Gasteiger charge is -2.37. The van der Waals surface area contributed by atoms with Crippen molar-refractivity contribution in [1.29, 1.82) is 0 Å². The van der Waals surface area contributed by atoms with Gasteiger partial charge in [0.2, 0.25) is 0 Å². The Bertz CT molecular complexity index is 469. The Morgan fingerprint density at radius 1 is 1.14 bits per heavy atom. The van der Waals surface area contributed by atoms with E-state index in [0.717, 1.165) is 0 Å². The normalized spacial score (nSPS) is 15.0. The second-order valence-corrected chi connectivity index (χ2v) is 6.38. The minimum atomic E-state index is -0.782. The number of aryl methyl sites for hydroxylation is 1. The molecule has 2 unspecified atom stereocenters. The molecule has 120 valence electrons. The molecule has 21 heavy (non-hydrogen) atoms. The predicted molar refractivity (Wildman–Crippen MR) is 82.4 cm³/mol. The van der Waals surface area contributed by atoms with Crippen LogP contribution in [-0.2, 0) is 4.74 Å². The SMILES string of the molecule is CCNC(c1ccc(C)c(F)c1F)C(OCC)C(C)(C)C. The first kappa shape index (κ1) is 18.1. The molecule has 0 aliphatic heterocycles. The predicted octanol–water partition coefficient (Wildman–Crippen LogP) is 4.38. The average molecular weight is 299 g/mol. The zero-order valence-corrected chi connectivity index (χ0v) is 13.9. The van der Waals surface area contributed by atoms with Crippen LogP contribution in [0, 0.1) is 24.0 Å². The van der Waals surface area contributed by atoms with Crippen LogP contribution in [-0.4, -0.2) is 19.3 Å². The number of ether oxygens (including phenoxy) is 1. The minimum absolute atomic E-state index is 0.198. The fourth-order valence-corrected chi connectivity index (χ4v) is 2.53. The Kier molecular flexibility index (Phi) is 6.29. The molecule has 0 aliphatic rings. The monoisotopic (exact) mass is 299 g/mol. The average Bonchev–Trinajstić information content (AvgIpc) is 2.40. The number of hydrogen-bond donors (Lipinski definition) is 1. The van der Waals surface area contributed by atoms with Gasteiger partial charge < -0.3 is 10.1 Å². The van der Waals surface area contributed by atoms with Gasteiger partial charge in [-0.15, -0.1) is 0 Å². The zero-order chi connectivity index (χ0) is 16.2. The van der Waals surface area contributed by atoms with Crippen LogP contribution in [0.1, 0.15) is 51.8 Å². The third-order valence-corrected chi connectivity index (χ3v) is 3.57. The van der Waals surface area contributed by atoms with E-state index in [-0.39, 0.29) is 17.6 Å². The van der Waals surface area contributed by atoms with Crippen molar-refractivity contribution in [2.45, 2.75) is 53.7 Å². The topological polar surface area (TPSA) is 21.3 Å². The van der Waals surface area contributed by atoms with Crippen molar-refractivity contribution in [2.75, 3.05) is 13.2 Å². The van der Waals surface area contributed by atoms with Crippen LogP contribution in [0.3, 0.4) is 0 Å². The first-order valence-electron chi connectivity index (χ1n) is 7.53. The molecule has 0 bridgehead atoms. The Balaban J connectivity index is 3.31. The molecule has 0 aromatic heterocycles. The summed E-state index contributed by atoms with van der Waals surface area (Å²) in [7, 11) is 0. The van der Waals surface area contributed by atoms with Gasteiger partial charge in [-0.3, -0.25) is 0 Å². The van der Waals surface area contributed by atoms with E-state index in [1.165, 1.54) is 0 Å². The number of benzene rings is 1. The van der Waals surface area contributed by atoms with E-state index in [1.54, 1.807) is 19.1 Å². The highest BCUT2D eigenvalue weighted by Crippen LogP contribution is 2.34. The molecule has 1 rings (SSSR count). The largest absolute Gasteiger partial charge is 0.376 e. The Morgan fingerprint density at radius 3 is 2.24 bits per heavy atom. The van der Waals surface area contributed by atoms with E-state index < -0.39 is 11.6 Å². The molecular weight excluding hydrogens is 272 g/mol. The number of nitrogens with one attached hydrogen (secondary N) is 1. The Morgan fingerprint density at radius 2 is 1.76 bits per heavy atom. The fourth-order valence-electron chi connectivity index (χ4n) is 2.53. The summed E-state index contributed by atoms with van der Waals surface area (Å²) in [5.74, 6) is -1.56. The summed E-state index contributed by atoms with van der Waals surface area (Å²) < 4.78 is 34.1. The van der Waals surface area contributed by atoms with E-state index in [2.05, 4.69) is 5.32 Å². The summed E-state index contributed by atoms with van der Waals surface area (Å²) >= 11 is 0. The number of hydrogen-bond acceptors (Lipinski definition) is 2. The Labute approximate surface area is 126 Å². The molecule has 1 aromatic carbocycles. The van der Waals surface area contributed by atoms with E-state index in [0.29, 0.717) is 24.3 Å². The van der Waals surface area contributed by atoms with Crippen molar-refractivity contribution in [3.8, 4) is 0 Å². The van der Waals surface area contributed by atoms with Crippen molar-refractivity contribution in [3.05, 3.63) is 34.9 Å².